The van der Waals surface area contributed by atoms with Gasteiger partial charge >= 0.3 is 0 Å². The van der Waals surface area contributed by atoms with Crippen LogP contribution < -0.4 is 16.0 Å². The van der Waals surface area contributed by atoms with E-state index in [9.17, 15) is 9.59 Å². The molecule has 0 saturated heterocycles. The minimum absolute atomic E-state index is 0. The molecule has 126 valence electrons. The lowest BCUT2D eigenvalue weighted by atomic mass is 10.1. The second kappa shape index (κ2) is 10.8. The average Bonchev–Trinajstić information content (AvgIpc) is 2.58. The van der Waals surface area contributed by atoms with Crippen molar-refractivity contribution in [3.63, 3.8) is 0 Å². The first-order valence-electron chi connectivity index (χ1n) is 7.74. The SMILES string of the molecule is Cl.O=C(CCCNC(=O)c1ccccc1)NCC1=CCNCC1. The van der Waals surface area contributed by atoms with Crippen LogP contribution in [0.4, 0.5) is 0 Å². The van der Waals surface area contributed by atoms with Crippen molar-refractivity contribution in [2.45, 2.75) is 19.3 Å². The highest BCUT2D eigenvalue weighted by molar-refractivity contribution is 5.94. The summed E-state index contributed by atoms with van der Waals surface area (Å²) in [6.07, 6.45) is 4.20. The Kier molecular flexibility index (Phi) is 9.02. The molecule has 5 nitrogen and oxygen atoms in total. The second-order valence-corrected chi connectivity index (χ2v) is 5.32. The minimum atomic E-state index is -0.0964. The summed E-state index contributed by atoms with van der Waals surface area (Å²) >= 11 is 0. The lowest BCUT2D eigenvalue weighted by Gasteiger charge is -2.14. The summed E-state index contributed by atoms with van der Waals surface area (Å²) in [4.78, 5) is 23.5. The lowest BCUT2D eigenvalue weighted by Crippen LogP contribution is -2.30. The van der Waals surface area contributed by atoms with E-state index in [0.717, 1.165) is 19.5 Å². The molecule has 6 heteroatoms. The van der Waals surface area contributed by atoms with Gasteiger partial charge in [-0.15, -0.1) is 12.4 Å². The van der Waals surface area contributed by atoms with Crippen molar-refractivity contribution >= 4 is 24.2 Å². The van der Waals surface area contributed by atoms with Crippen molar-refractivity contribution in [1.82, 2.24) is 16.0 Å². The first-order valence-corrected chi connectivity index (χ1v) is 7.74. The molecule has 1 aliphatic rings. The second-order valence-electron chi connectivity index (χ2n) is 5.32. The maximum Gasteiger partial charge on any atom is 0.251 e. The van der Waals surface area contributed by atoms with Crippen molar-refractivity contribution in [3.05, 3.63) is 47.5 Å². The van der Waals surface area contributed by atoms with Gasteiger partial charge in [0.05, 0.1) is 0 Å². The Bertz CT molecular complexity index is 532. The van der Waals surface area contributed by atoms with Gasteiger partial charge in [0.25, 0.3) is 5.91 Å². The van der Waals surface area contributed by atoms with Gasteiger partial charge in [0.1, 0.15) is 0 Å². The third-order valence-corrected chi connectivity index (χ3v) is 3.57. The van der Waals surface area contributed by atoms with E-state index in [2.05, 4.69) is 22.0 Å². The van der Waals surface area contributed by atoms with Crippen LogP contribution in [0.5, 0.6) is 0 Å². The van der Waals surface area contributed by atoms with Gasteiger partial charge in [0.15, 0.2) is 0 Å². The molecule has 0 atom stereocenters. The van der Waals surface area contributed by atoms with Gasteiger partial charge in [0, 0.05) is 31.6 Å². The Morgan fingerprint density at radius 2 is 1.91 bits per heavy atom. The maximum atomic E-state index is 11.8. The van der Waals surface area contributed by atoms with E-state index in [1.54, 1.807) is 12.1 Å². The Balaban J connectivity index is 0.00000264. The predicted molar refractivity (Wildman–Crippen MR) is 93.8 cm³/mol. The molecule has 0 bridgehead atoms. The molecule has 0 fully saturated rings. The van der Waals surface area contributed by atoms with Crippen molar-refractivity contribution in [3.8, 4) is 0 Å². The van der Waals surface area contributed by atoms with Gasteiger partial charge in [-0.1, -0.05) is 29.8 Å². The molecule has 0 aliphatic carbocycles. The van der Waals surface area contributed by atoms with Crippen LogP contribution in [-0.2, 0) is 4.79 Å². The normalized spacial score (nSPS) is 13.5. The van der Waals surface area contributed by atoms with E-state index in [-0.39, 0.29) is 24.2 Å². The van der Waals surface area contributed by atoms with Crippen LogP contribution in [-0.4, -0.2) is 38.0 Å². The number of hydrogen-bond acceptors (Lipinski definition) is 3. The summed E-state index contributed by atoms with van der Waals surface area (Å²) < 4.78 is 0. The average molecular weight is 338 g/mol. The minimum Gasteiger partial charge on any atom is -0.352 e. The molecule has 2 amide bonds. The predicted octanol–water partition coefficient (Wildman–Crippen LogP) is 1.65. The molecule has 1 heterocycles. The first-order chi connectivity index (χ1) is 10.8. The van der Waals surface area contributed by atoms with E-state index in [0.29, 0.717) is 31.5 Å². The molecule has 0 spiro atoms. The van der Waals surface area contributed by atoms with Crippen LogP contribution >= 0.6 is 12.4 Å². The molecule has 0 radical (unpaired) electrons. The molecular formula is C17H24ClN3O2. The molecule has 1 aliphatic heterocycles. The van der Waals surface area contributed by atoms with Crippen LogP contribution in [0.3, 0.4) is 0 Å². The summed E-state index contributed by atoms with van der Waals surface area (Å²) in [5.74, 6) is -0.0609. The first kappa shape index (κ1) is 19.2. The van der Waals surface area contributed by atoms with Crippen LogP contribution in [0.1, 0.15) is 29.6 Å². The zero-order valence-corrected chi connectivity index (χ0v) is 14.0. The number of hydrogen-bond donors (Lipinski definition) is 3. The molecule has 0 saturated carbocycles. The quantitative estimate of drug-likeness (QED) is 0.523. The van der Waals surface area contributed by atoms with Gasteiger partial charge in [-0.25, -0.2) is 0 Å². The van der Waals surface area contributed by atoms with Crippen LogP contribution in [0.15, 0.2) is 42.0 Å². The number of nitrogens with one attached hydrogen (secondary N) is 3. The fourth-order valence-electron chi connectivity index (χ4n) is 2.27. The van der Waals surface area contributed by atoms with E-state index in [4.69, 9.17) is 0 Å². The largest absolute Gasteiger partial charge is 0.352 e. The fourth-order valence-corrected chi connectivity index (χ4v) is 2.27. The van der Waals surface area contributed by atoms with E-state index in [1.807, 2.05) is 18.2 Å². The summed E-state index contributed by atoms with van der Waals surface area (Å²) in [5, 5.41) is 8.98. The van der Waals surface area contributed by atoms with Gasteiger partial charge in [0.2, 0.25) is 5.91 Å². The standard InChI is InChI=1S/C17H23N3O2.ClH/c21-16(20-13-14-8-11-18-12-9-14)7-4-10-19-17(22)15-5-2-1-3-6-15;/h1-3,5-6,8,18H,4,7,9-13H2,(H,19,22)(H,20,21);1H. The number of benzene rings is 1. The van der Waals surface area contributed by atoms with Crippen LogP contribution in [0, 0.1) is 0 Å². The molecule has 1 aromatic rings. The summed E-state index contributed by atoms with van der Waals surface area (Å²) in [6.45, 7) is 3.01. The molecule has 0 unspecified atom stereocenters. The summed E-state index contributed by atoms with van der Waals surface area (Å²) in [7, 11) is 0. The molecule has 1 aromatic carbocycles. The van der Waals surface area contributed by atoms with E-state index < -0.39 is 0 Å². The van der Waals surface area contributed by atoms with Crippen LogP contribution in [0.2, 0.25) is 0 Å². The number of amides is 2. The monoisotopic (exact) mass is 337 g/mol. The van der Waals surface area contributed by atoms with E-state index in [1.165, 1.54) is 5.57 Å². The highest BCUT2D eigenvalue weighted by Gasteiger charge is 2.07. The number of halogens is 1. The fraction of sp³-hybridized carbons (Fsp3) is 0.412. The third-order valence-electron chi connectivity index (χ3n) is 3.57. The number of carbonyl (C=O) groups excluding carboxylic acids is 2. The van der Waals surface area contributed by atoms with Gasteiger partial charge in [-0.2, -0.15) is 0 Å². The molecule has 3 N–H and O–H groups in total. The molecule has 2 rings (SSSR count). The Hall–Kier alpha value is -1.85. The third kappa shape index (κ3) is 7.30. The van der Waals surface area contributed by atoms with Crippen LogP contribution in [0.25, 0.3) is 0 Å². The smallest absolute Gasteiger partial charge is 0.251 e. The summed E-state index contributed by atoms with van der Waals surface area (Å²) in [6, 6.07) is 9.08. The zero-order valence-electron chi connectivity index (χ0n) is 13.1. The number of rotatable bonds is 7. The molecular weight excluding hydrogens is 314 g/mol. The highest BCUT2D eigenvalue weighted by atomic mass is 35.5. The zero-order chi connectivity index (χ0) is 15.6. The molecule has 0 aromatic heterocycles. The van der Waals surface area contributed by atoms with Gasteiger partial charge in [-0.05, 0) is 31.5 Å². The van der Waals surface area contributed by atoms with Crippen molar-refractivity contribution in [1.29, 1.82) is 0 Å². The van der Waals surface area contributed by atoms with Gasteiger partial charge in [-0.3, -0.25) is 9.59 Å². The maximum absolute atomic E-state index is 11.8. The van der Waals surface area contributed by atoms with Gasteiger partial charge < -0.3 is 16.0 Å². The highest BCUT2D eigenvalue weighted by Crippen LogP contribution is 2.02. The van der Waals surface area contributed by atoms with Crippen molar-refractivity contribution < 1.29 is 9.59 Å². The Morgan fingerprint density at radius 1 is 1.13 bits per heavy atom. The number of carbonyl (C=O) groups is 2. The van der Waals surface area contributed by atoms with E-state index >= 15 is 0 Å². The topological polar surface area (TPSA) is 70.2 Å². The molecule has 23 heavy (non-hydrogen) atoms. The Labute approximate surface area is 143 Å². The summed E-state index contributed by atoms with van der Waals surface area (Å²) in [5.41, 5.74) is 1.93. The van der Waals surface area contributed by atoms with Crippen molar-refractivity contribution in [2.24, 2.45) is 0 Å². The van der Waals surface area contributed by atoms with Crippen molar-refractivity contribution in [2.75, 3.05) is 26.2 Å². The lowest BCUT2D eigenvalue weighted by molar-refractivity contribution is -0.121. The Morgan fingerprint density at radius 3 is 2.61 bits per heavy atom.